The zero-order valence-electron chi connectivity index (χ0n) is 12.6. The van der Waals surface area contributed by atoms with Crippen LogP contribution in [-0.4, -0.2) is 17.5 Å². The molecule has 3 rings (SSSR count). The molecule has 0 radical (unpaired) electrons. The number of nitrogens with zero attached hydrogens (tertiary/aromatic N) is 1. The molecule has 5 heteroatoms. The van der Waals surface area contributed by atoms with Gasteiger partial charge in [0.05, 0.1) is 17.3 Å². The number of ether oxygens (including phenoxy) is 1. The fourth-order valence-electron chi connectivity index (χ4n) is 2.48. The van der Waals surface area contributed by atoms with E-state index in [0.29, 0.717) is 23.2 Å². The molecular weight excluding hydrogens is 312 g/mol. The van der Waals surface area contributed by atoms with Crippen molar-refractivity contribution in [1.82, 2.24) is 4.98 Å². The first-order valence-electron chi connectivity index (χ1n) is 7.41. The molecule has 0 unspecified atom stereocenters. The second kappa shape index (κ2) is 6.42. The van der Waals surface area contributed by atoms with E-state index in [1.54, 1.807) is 24.4 Å². The van der Waals surface area contributed by atoms with E-state index in [9.17, 15) is 4.79 Å². The Morgan fingerprint density at radius 1 is 1.30 bits per heavy atom. The molecular formula is C18H17ClN2O2. The summed E-state index contributed by atoms with van der Waals surface area (Å²) in [6.07, 6.45) is 4.93. The maximum atomic E-state index is 12.6. The minimum absolute atomic E-state index is 0.0126. The number of carbonyl (C=O) groups is 1. The molecule has 1 fully saturated rings. The fraction of sp³-hybridized carbons (Fsp3) is 0.222. The van der Waals surface area contributed by atoms with Crippen LogP contribution in [0.5, 0.6) is 5.88 Å². The Kier molecular flexibility index (Phi) is 4.35. The minimum Gasteiger partial charge on any atom is -0.473 e. The maximum Gasteiger partial charge on any atom is 0.235 e. The Bertz CT molecular complexity index is 707. The van der Waals surface area contributed by atoms with Crippen LogP contribution in [0.15, 0.2) is 55.3 Å². The first kappa shape index (κ1) is 15.6. The van der Waals surface area contributed by atoms with Crippen molar-refractivity contribution in [2.24, 2.45) is 0 Å². The van der Waals surface area contributed by atoms with Crippen LogP contribution in [0.3, 0.4) is 0 Å². The Morgan fingerprint density at radius 2 is 2.04 bits per heavy atom. The molecule has 0 saturated heterocycles. The number of nitrogens with one attached hydrogen (secondary N) is 1. The van der Waals surface area contributed by atoms with Gasteiger partial charge in [0, 0.05) is 11.1 Å². The molecule has 1 saturated carbocycles. The van der Waals surface area contributed by atoms with Gasteiger partial charge in [-0.1, -0.05) is 36.4 Å². The molecule has 0 atom stereocenters. The second-order valence-electron chi connectivity index (χ2n) is 5.53. The smallest absolute Gasteiger partial charge is 0.235 e. The summed E-state index contributed by atoms with van der Waals surface area (Å²) in [5.41, 5.74) is 1.21. The van der Waals surface area contributed by atoms with Crippen LogP contribution in [0.1, 0.15) is 18.4 Å². The largest absolute Gasteiger partial charge is 0.473 e. The lowest BCUT2D eigenvalue weighted by Crippen LogP contribution is -2.27. The molecule has 1 aliphatic carbocycles. The molecule has 1 amide bonds. The molecule has 118 valence electrons. The van der Waals surface area contributed by atoms with Gasteiger partial charge in [-0.2, -0.15) is 0 Å². The summed E-state index contributed by atoms with van der Waals surface area (Å²) in [4.78, 5) is 16.8. The molecule has 1 aliphatic rings. The topological polar surface area (TPSA) is 51.2 Å². The number of carbonyl (C=O) groups excluding carboxylic acids is 1. The van der Waals surface area contributed by atoms with Crippen molar-refractivity contribution in [2.45, 2.75) is 18.3 Å². The van der Waals surface area contributed by atoms with Crippen molar-refractivity contribution in [3.8, 4) is 5.88 Å². The van der Waals surface area contributed by atoms with Gasteiger partial charge in [-0.05, 0) is 36.6 Å². The fourth-order valence-corrected chi connectivity index (χ4v) is 2.60. The lowest BCUT2D eigenvalue weighted by Gasteiger charge is -2.16. The molecule has 2 aromatic rings. The molecule has 0 bridgehead atoms. The molecule has 0 spiro atoms. The lowest BCUT2D eigenvalue weighted by atomic mass is 9.95. The SMILES string of the molecule is C=CCOc1ccc(NC(=O)C2(c3ccc(Cl)cc3)CC2)cn1. The van der Waals surface area contributed by atoms with Gasteiger partial charge < -0.3 is 10.1 Å². The number of hydrogen-bond acceptors (Lipinski definition) is 3. The van der Waals surface area contributed by atoms with E-state index in [2.05, 4.69) is 16.9 Å². The van der Waals surface area contributed by atoms with Crippen molar-refractivity contribution in [1.29, 1.82) is 0 Å². The van der Waals surface area contributed by atoms with Crippen LogP contribution in [0.4, 0.5) is 5.69 Å². The second-order valence-corrected chi connectivity index (χ2v) is 5.96. The molecule has 23 heavy (non-hydrogen) atoms. The zero-order chi connectivity index (χ0) is 16.3. The van der Waals surface area contributed by atoms with Crippen LogP contribution in [0.2, 0.25) is 5.02 Å². The van der Waals surface area contributed by atoms with Crippen LogP contribution in [0, 0.1) is 0 Å². The monoisotopic (exact) mass is 328 g/mol. The van der Waals surface area contributed by atoms with Gasteiger partial charge in [-0.15, -0.1) is 0 Å². The van der Waals surface area contributed by atoms with Gasteiger partial charge >= 0.3 is 0 Å². The summed E-state index contributed by atoms with van der Waals surface area (Å²) >= 11 is 5.92. The Balaban J connectivity index is 1.69. The van der Waals surface area contributed by atoms with Gasteiger partial charge in [0.25, 0.3) is 0 Å². The van der Waals surface area contributed by atoms with Crippen molar-refractivity contribution >= 4 is 23.2 Å². The third kappa shape index (κ3) is 3.37. The number of rotatable bonds is 6. The average Bonchev–Trinajstić information content (AvgIpc) is 3.37. The highest BCUT2D eigenvalue weighted by Gasteiger charge is 2.51. The summed E-state index contributed by atoms with van der Waals surface area (Å²) in [7, 11) is 0. The van der Waals surface area contributed by atoms with Crippen molar-refractivity contribution < 1.29 is 9.53 Å². The summed E-state index contributed by atoms with van der Waals surface area (Å²) < 4.78 is 5.32. The van der Waals surface area contributed by atoms with E-state index in [1.807, 2.05) is 24.3 Å². The normalized spacial score (nSPS) is 14.8. The summed E-state index contributed by atoms with van der Waals surface area (Å²) in [6.45, 7) is 3.98. The van der Waals surface area contributed by atoms with E-state index in [-0.39, 0.29) is 5.91 Å². The quantitative estimate of drug-likeness (QED) is 0.816. The lowest BCUT2D eigenvalue weighted by molar-refractivity contribution is -0.118. The van der Waals surface area contributed by atoms with Crippen LogP contribution < -0.4 is 10.1 Å². The maximum absolute atomic E-state index is 12.6. The van der Waals surface area contributed by atoms with Gasteiger partial charge in [0.15, 0.2) is 0 Å². The Labute approximate surface area is 140 Å². The summed E-state index contributed by atoms with van der Waals surface area (Å²) in [6, 6.07) is 11.0. The van der Waals surface area contributed by atoms with Crippen LogP contribution in [0.25, 0.3) is 0 Å². The van der Waals surface area contributed by atoms with E-state index < -0.39 is 5.41 Å². The van der Waals surface area contributed by atoms with Gasteiger partial charge in [-0.25, -0.2) is 4.98 Å². The minimum atomic E-state index is -0.442. The number of benzene rings is 1. The molecule has 1 heterocycles. The highest BCUT2D eigenvalue weighted by atomic mass is 35.5. The Morgan fingerprint density at radius 3 is 2.61 bits per heavy atom. The number of halogens is 1. The molecule has 1 aromatic heterocycles. The van der Waals surface area contributed by atoms with E-state index in [0.717, 1.165) is 18.4 Å². The van der Waals surface area contributed by atoms with Crippen molar-refractivity contribution in [2.75, 3.05) is 11.9 Å². The third-order valence-electron chi connectivity index (χ3n) is 3.92. The van der Waals surface area contributed by atoms with E-state index in [4.69, 9.17) is 16.3 Å². The van der Waals surface area contributed by atoms with Crippen LogP contribution >= 0.6 is 11.6 Å². The predicted molar refractivity (Wildman–Crippen MR) is 90.9 cm³/mol. The molecule has 4 nitrogen and oxygen atoms in total. The summed E-state index contributed by atoms with van der Waals surface area (Å²) in [5, 5.41) is 3.60. The van der Waals surface area contributed by atoms with Gasteiger partial charge in [0.2, 0.25) is 11.8 Å². The number of hydrogen-bond donors (Lipinski definition) is 1. The molecule has 0 aliphatic heterocycles. The van der Waals surface area contributed by atoms with E-state index >= 15 is 0 Å². The van der Waals surface area contributed by atoms with Crippen molar-refractivity contribution in [3.05, 3.63) is 65.8 Å². The molecule has 1 N–H and O–H groups in total. The zero-order valence-corrected chi connectivity index (χ0v) is 13.3. The highest BCUT2D eigenvalue weighted by molar-refractivity contribution is 6.30. The number of anilines is 1. The standard InChI is InChI=1S/C18H17ClN2O2/c1-2-11-23-16-8-7-15(12-20-16)21-17(22)18(9-10-18)13-3-5-14(19)6-4-13/h2-8,12H,1,9-11H2,(H,21,22). The average molecular weight is 329 g/mol. The predicted octanol–water partition coefficient (Wildman–Crippen LogP) is 3.97. The summed E-state index contributed by atoms with van der Waals surface area (Å²) in [5.74, 6) is 0.489. The first-order chi connectivity index (χ1) is 11.1. The third-order valence-corrected chi connectivity index (χ3v) is 4.18. The Hall–Kier alpha value is -2.33. The number of aromatic nitrogens is 1. The highest BCUT2D eigenvalue weighted by Crippen LogP contribution is 2.49. The number of pyridine rings is 1. The number of amides is 1. The first-order valence-corrected chi connectivity index (χ1v) is 7.79. The van der Waals surface area contributed by atoms with E-state index in [1.165, 1.54) is 0 Å². The van der Waals surface area contributed by atoms with Gasteiger partial charge in [-0.3, -0.25) is 4.79 Å². The van der Waals surface area contributed by atoms with Gasteiger partial charge in [0.1, 0.15) is 6.61 Å². The van der Waals surface area contributed by atoms with Crippen LogP contribution in [-0.2, 0) is 10.2 Å². The molecule has 1 aromatic carbocycles. The van der Waals surface area contributed by atoms with Crippen molar-refractivity contribution in [3.63, 3.8) is 0 Å².